The van der Waals surface area contributed by atoms with E-state index in [4.69, 9.17) is 23.3 Å². The molecule has 2 rings (SSSR count). The van der Waals surface area contributed by atoms with E-state index in [0.29, 0.717) is 0 Å². The summed E-state index contributed by atoms with van der Waals surface area (Å²) < 4.78 is 85.6. The summed E-state index contributed by atoms with van der Waals surface area (Å²) in [5, 5.41) is 52.8. The third kappa shape index (κ3) is 7.69. The van der Waals surface area contributed by atoms with Crippen LogP contribution in [0.15, 0.2) is 0 Å². The van der Waals surface area contributed by atoms with Crippen LogP contribution in [0.3, 0.4) is 0 Å². The molecule has 0 aromatic rings. The lowest BCUT2D eigenvalue weighted by Crippen LogP contribution is -2.68. The summed E-state index contributed by atoms with van der Waals surface area (Å²) in [7, 11) is -10.4. The fourth-order valence-electron chi connectivity index (χ4n) is 3.35. The average molecular weight is 543 g/mol. The van der Waals surface area contributed by atoms with E-state index in [2.05, 4.69) is 13.7 Å². The van der Waals surface area contributed by atoms with Gasteiger partial charge in [-0.3, -0.25) is 13.9 Å². The highest BCUT2D eigenvalue weighted by atomic mass is 32.3. The van der Waals surface area contributed by atoms with Crippen molar-refractivity contribution in [1.29, 1.82) is 0 Å². The normalized spacial score (nSPS) is 39.5. The first-order valence-corrected chi connectivity index (χ1v) is 12.1. The van der Waals surface area contributed by atoms with Crippen LogP contribution in [0.5, 0.6) is 0 Å². The Morgan fingerprint density at radius 2 is 1.50 bits per heavy atom. The van der Waals surface area contributed by atoms with Gasteiger partial charge in [-0.2, -0.15) is 16.8 Å². The van der Waals surface area contributed by atoms with Crippen molar-refractivity contribution < 1.29 is 78.8 Å². The van der Waals surface area contributed by atoms with Gasteiger partial charge in [-0.05, 0) is 0 Å². The molecule has 8 N–H and O–H groups in total. The Morgan fingerprint density at radius 3 is 2.00 bits per heavy atom. The Labute approximate surface area is 192 Å². The van der Waals surface area contributed by atoms with E-state index in [1.807, 2.05) is 0 Å². The molecule has 2 aliphatic heterocycles. The number of nitrogens with one attached hydrogen (secondary N) is 1. The SMILES string of the molecule is CC(=O)N[C@@H]1[C@@H](O[C@@H]2O[C@H](COS(=O)(=O)O)[C@H](O)[C@H](OS(=O)(=O)O)[C@H]2O)[C@@H](O)[C@@H](CO)O[C@@H]1O. The molecule has 200 valence electrons. The summed E-state index contributed by atoms with van der Waals surface area (Å²) in [5.41, 5.74) is 0. The zero-order chi connectivity index (χ0) is 26.0. The maximum atomic E-state index is 11.5. The molecule has 0 bridgehead atoms. The lowest BCUT2D eigenvalue weighted by Gasteiger charge is -2.46. The number of aliphatic hydroxyl groups is 5. The molecule has 0 aromatic heterocycles. The van der Waals surface area contributed by atoms with Crippen molar-refractivity contribution in [2.45, 2.75) is 68.3 Å². The minimum absolute atomic E-state index is 0.733. The van der Waals surface area contributed by atoms with E-state index in [1.54, 1.807) is 0 Å². The summed E-state index contributed by atoms with van der Waals surface area (Å²) in [4.78, 5) is 11.5. The van der Waals surface area contributed by atoms with Gasteiger partial charge in [0, 0.05) is 6.92 Å². The number of rotatable bonds is 9. The van der Waals surface area contributed by atoms with Crippen LogP contribution in [-0.4, -0.2) is 132 Å². The fraction of sp³-hybridized carbons (Fsp3) is 0.929. The smallest absolute Gasteiger partial charge is 0.394 e. The molecule has 0 unspecified atom stereocenters. The van der Waals surface area contributed by atoms with Gasteiger partial charge < -0.3 is 45.1 Å². The number of hydrogen-bond donors (Lipinski definition) is 8. The van der Waals surface area contributed by atoms with Crippen molar-refractivity contribution in [2.75, 3.05) is 13.2 Å². The van der Waals surface area contributed by atoms with Gasteiger partial charge in [0.1, 0.15) is 48.8 Å². The maximum Gasteiger partial charge on any atom is 0.397 e. The predicted octanol–water partition coefficient (Wildman–Crippen LogP) is -5.60. The quantitative estimate of drug-likeness (QED) is 0.126. The zero-order valence-electron chi connectivity index (χ0n) is 17.2. The molecule has 0 saturated carbocycles. The van der Waals surface area contributed by atoms with Crippen molar-refractivity contribution >= 4 is 26.7 Å². The first kappa shape index (κ1) is 29.1. The Kier molecular flexibility index (Phi) is 9.68. The third-order valence-corrected chi connectivity index (χ3v) is 5.69. The van der Waals surface area contributed by atoms with Gasteiger partial charge in [0.25, 0.3) is 0 Å². The van der Waals surface area contributed by atoms with Gasteiger partial charge in [0.2, 0.25) is 5.91 Å². The molecule has 0 radical (unpaired) electrons. The van der Waals surface area contributed by atoms with Crippen molar-refractivity contribution in [3.8, 4) is 0 Å². The average Bonchev–Trinajstić information content (AvgIpc) is 2.69. The van der Waals surface area contributed by atoms with Gasteiger partial charge in [-0.15, -0.1) is 0 Å². The van der Waals surface area contributed by atoms with Gasteiger partial charge in [0.05, 0.1) is 13.2 Å². The van der Waals surface area contributed by atoms with E-state index in [-0.39, 0.29) is 0 Å². The molecule has 20 heteroatoms. The van der Waals surface area contributed by atoms with Gasteiger partial charge in [-0.1, -0.05) is 0 Å². The molecule has 0 aliphatic carbocycles. The Bertz CT molecular complexity index is 911. The molecule has 2 heterocycles. The molecule has 34 heavy (non-hydrogen) atoms. The van der Waals surface area contributed by atoms with Gasteiger partial charge in [0.15, 0.2) is 12.6 Å². The molecule has 1 amide bonds. The van der Waals surface area contributed by atoms with Crippen LogP contribution in [0.2, 0.25) is 0 Å². The number of hydrogen-bond acceptors (Lipinski definition) is 15. The lowest BCUT2D eigenvalue weighted by atomic mass is 9.95. The standard InChI is InChI=1S/C14H25NO17S2/c1-4(17)15-7-11(8(18)5(2-16)29-13(7)21)31-14-10(20)12(32-34(25,26)27)9(19)6(30-14)3-28-33(22,23)24/h5-14,16,18-21H,2-3H2,1H3,(H,15,17)(H,22,23,24)(H,25,26,27)/t5-,6-,7-,8+,9+,10-,11-,12+,13+,14+/m1/s1. The first-order chi connectivity index (χ1) is 15.5. The zero-order valence-corrected chi connectivity index (χ0v) is 18.9. The van der Waals surface area contributed by atoms with Crippen LogP contribution in [0.4, 0.5) is 0 Å². The molecule has 2 fully saturated rings. The number of aliphatic hydroxyl groups excluding tert-OH is 5. The van der Waals surface area contributed by atoms with Crippen LogP contribution in [0, 0.1) is 0 Å². The maximum absolute atomic E-state index is 11.5. The highest BCUT2D eigenvalue weighted by Gasteiger charge is 2.52. The lowest BCUT2D eigenvalue weighted by molar-refractivity contribution is -0.338. The van der Waals surface area contributed by atoms with Gasteiger partial charge in [-0.25, -0.2) is 8.37 Å². The Morgan fingerprint density at radius 1 is 0.912 bits per heavy atom. The summed E-state index contributed by atoms with van der Waals surface area (Å²) in [6.45, 7) is -0.961. The highest BCUT2D eigenvalue weighted by molar-refractivity contribution is 7.81. The molecular formula is C14H25NO17S2. The molecule has 10 atom stereocenters. The molecular weight excluding hydrogens is 518 g/mol. The number of carbonyl (C=O) groups is 1. The van der Waals surface area contributed by atoms with Crippen LogP contribution in [-0.2, 0) is 48.2 Å². The van der Waals surface area contributed by atoms with E-state index in [1.165, 1.54) is 0 Å². The topological polar surface area (TPSA) is 285 Å². The molecule has 18 nitrogen and oxygen atoms in total. The van der Waals surface area contributed by atoms with Crippen LogP contribution in [0.1, 0.15) is 6.92 Å². The number of amides is 1. The third-order valence-electron chi connectivity index (χ3n) is 4.79. The van der Waals surface area contributed by atoms with Crippen molar-refractivity contribution in [2.24, 2.45) is 0 Å². The fourth-order valence-corrected chi connectivity index (χ4v) is 4.16. The van der Waals surface area contributed by atoms with E-state index >= 15 is 0 Å². The van der Waals surface area contributed by atoms with Crippen LogP contribution >= 0.6 is 0 Å². The minimum Gasteiger partial charge on any atom is -0.394 e. The summed E-state index contributed by atoms with van der Waals surface area (Å²) in [6.07, 6.45) is -17.5. The van der Waals surface area contributed by atoms with Crippen LogP contribution < -0.4 is 5.32 Å². The minimum atomic E-state index is -5.31. The largest absolute Gasteiger partial charge is 0.397 e. The second-order valence-corrected chi connectivity index (χ2v) is 9.43. The molecule has 2 aliphatic rings. The summed E-state index contributed by atoms with van der Waals surface area (Å²) >= 11 is 0. The van der Waals surface area contributed by atoms with Crippen molar-refractivity contribution in [1.82, 2.24) is 5.32 Å². The summed E-state index contributed by atoms with van der Waals surface area (Å²) in [5.74, 6) is -0.733. The second kappa shape index (κ2) is 11.3. The Balaban J connectivity index is 2.36. The van der Waals surface area contributed by atoms with E-state index in [9.17, 15) is 47.2 Å². The van der Waals surface area contributed by atoms with Crippen molar-refractivity contribution in [3.63, 3.8) is 0 Å². The van der Waals surface area contributed by atoms with Gasteiger partial charge >= 0.3 is 20.8 Å². The Hall–Kier alpha value is -1.11. The van der Waals surface area contributed by atoms with E-state index in [0.717, 1.165) is 6.92 Å². The molecule has 2 saturated heterocycles. The molecule has 0 aromatic carbocycles. The van der Waals surface area contributed by atoms with Crippen molar-refractivity contribution in [3.05, 3.63) is 0 Å². The number of carbonyl (C=O) groups excluding carboxylic acids is 1. The van der Waals surface area contributed by atoms with Crippen LogP contribution in [0.25, 0.3) is 0 Å². The first-order valence-electron chi connectivity index (χ1n) is 9.38. The highest BCUT2D eigenvalue weighted by Crippen LogP contribution is 2.30. The van der Waals surface area contributed by atoms with E-state index < -0.39 is 101 Å². The second-order valence-electron chi connectivity index (χ2n) is 7.29. The number of ether oxygens (including phenoxy) is 3. The predicted molar refractivity (Wildman–Crippen MR) is 101 cm³/mol. The monoisotopic (exact) mass is 543 g/mol. The molecule has 0 spiro atoms. The summed E-state index contributed by atoms with van der Waals surface area (Å²) in [6, 6.07) is -1.54.